The smallest absolute Gasteiger partial charge is 0.151 e. The van der Waals surface area contributed by atoms with E-state index >= 15 is 0 Å². The van der Waals surface area contributed by atoms with Gasteiger partial charge in [0.15, 0.2) is 9.84 Å². The Morgan fingerprint density at radius 3 is 2.00 bits per heavy atom. The summed E-state index contributed by atoms with van der Waals surface area (Å²) in [6.45, 7) is 5.66. The largest absolute Gasteiger partial charge is 0.496 e. The first kappa shape index (κ1) is 16.0. The normalized spacial score (nSPS) is 15.1. The molecule has 108 valence electrons. The van der Waals surface area contributed by atoms with Crippen LogP contribution in [-0.4, -0.2) is 34.1 Å². The molecule has 19 heavy (non-hydrogen) atoms. The molecule has 1 N–H and O–H groups in total. The summed E-state index contributed by atoms with van der Waals surface area (Å²) in [6, 6.07) is 3.74. The maximum atomic E-state index is 11.7. The molecule has 1 aromatic rings. The van der Waals surface area contributed by atoms with Gasteiger partial charge in [0.05, 0.1) is 12.4 Å². The van der Waals surface area contributed by atoms with E-state index in [9.17, 15) is 8.42 Å². The third kappa shape index (κ3) is 3.48. The fraction of sp³-hybridized carbons (Fsp3) is 0.571. The zero-order chi connectivity index (χ0) is 14.8. The lowest BCUT2D eigenvalue weighted by Crippen LogP contribution is -2.33. The first-order valence-electron chi connectivity index (χ1n) is 6.23. The highest BCUT2D eigenvalue weighted by Crippen LogP contribution is 2.29. The Morgan fingerprint density at radius 1 is 1.21 bits per heavy atom. The number of rotatable bonds is 5. The number of benzene rings is 1. The third-order valence-corrected chi connectivity index (χ3v) is 5.12. The summed E-state index contributed by atoms with van der Waals surface area (Å²) >= 11 is 0. The predicted octanol–water partition coefficient (Wildman–Crippen LogP) is 2.01. The highest BCUT2D eigenvalue weighted by molar-refractivity contribution is 7.91. The minimum atomic E-state index is -3.10. The molecule has 0 aliphatic rings. The molecule has 4 nitrogen and oxygen atoms in total. The van der Waals surface area contributed by atoms with Crippen LogP contribution in [-0.2, 0) is 9.84 Å². The molecule has 0 amide bonds. The molecule has 0 spiro atoms. The maximum absolute atomic E-state index is 11.7. The summed E-state index contributed by atoms with van der Waals surface area (Å²) in [4.78, 5) is 0. The average Bonchev–Trinajstić information content (AvgIpc) is 2.28. The number of methoxy groups -OCH3 is 1. The van der Waals surface area contributed by atoms with E-state index in [2.05, 4.69) is 5.32 Å². The van der Waals surface area contributed by atoms with Gasteiger partial charge in [-0.1, -0.05) is 12.1 Å². The van der Waals surface area contributed by atoms with Crippen LogP contribution in [0.5, 0.6) is 5.75 Å². The van der Waals surface area contributed by atoms with Crippen molar-refractivity contribution in [3.63, 3.8) is 0 Å². The summed E-state index contributed by atoms with van der Waals surface area (Å²) in [5, 5.41) is 2.61. The summed E-state index contributed by atoms with van der Waals surface area (Å²) in [6.07, 6.45) is 1.27. The van der Waals surface area contributed by atoms with Crippen molar-refractivity contribution in [3.8, 4) is 5.75 Å². The topological polar surface area (TPSA) is 55.4 Å². The minimum Gasteiger partial charge on any atom is -0.496 e. The fourth-order valence-electron chi connectivity index (χ4n) is 2.40. The Kier molecular flexibility index (Phi) is 4.98. The Labute approximate surface area is 116 Å². The second-order valence-electron chi connectivity index (χ2n) is 4.99. The van der Waals surface area contributed by atoms with Crippen molar-refractivity contribution in [3.05, 3.63) is 28.8 Å². The zero-order valence-electron chi connectivity index (χ0n) is 12.4. The molecule has 0 aliphatic heterocycles. The summed E-state index contributed by atoms with van der Waals surface area (Å²) < 4.78 is 28.8. The van der Waals surface area contributed by atoms with Gasteiger partial charge in [-0.15, -0.1) is 0 Å². The molecular formula is C14H23NO3S. The molecule has 0 bridgehead atoms. The third-order valence-electron chi connectivity index (χ3n) is 3.50. The minimum absolute atomic E-state index is 0.224. The highest BCUT2D eigenvalue weighted by atomic mass is 32.2. The van der Waals surface area contributed by atoms with Gasteiger partial charge in [-0.05, 0) is 44.5 Å². The molecule has 2 atom stereocenters. The van der Waals surface area contributed by atoms with Crippen LogP contribution in [0.1, 0.15) is 29.7 Å². The molecule has 1 aromatic carbocycles. The summed E-state index contributed by atoms with van der Waals surface area (Å²) in [7, 11) is 0.324. The van der Waals surface area contributed by atoms with Crippen molar-refractivity contribution in [1.29, 1.82) is 0 Å². The number of sulfone groups is 1. The fourth-order valence-corrected chi connectivity index (χ4v) is 3.19. The van der Waals surface area contributed by atoms with Gasteiger partial charge in [0, 0.05) is 12.3 Å². The van der Waals surface area contributed by atoms with E-state index in [4.69, 9.17) is 4.74 Å². The molecule has 0 aromatic heterocycles. The van der Waals surface area contributed by atoms with Gasteiger partial charge in [0.2, 0.25) is 0 Å². The molecule has 5 heteroatoms. The van der Waals surface area contributed by atoms with Crippen LogP contribution in [0.2, 0.25) is 0 Å². The van der Waals surface area contributed by atoms with E-state index in [0.717, 1.165) is 22.4 Å². The van der Waals surface area contributed by atoms with Crippen LogP contribution >= 0.6 is 0 Å². The Bertz CT molecular complexity index is 529. The highest BCUT2D eigenvalue weighted by Gasteiger charge is 2.26. The lowest BCUT2D eigenvalue weighted by atomic mass is 9.98. The molecule has 0 fully saturated rings. The number of nitrogens with one attached hydrogen (secondary N) is 1. The van der Waals surface area contributed by atoms with Crippen molar-refractivity contribution in [2.75, 3.05) is 20.4 Å². The Hall–Kier alpha value is -1.07. The van der Waals surface area contributed by atoms with Crippen molar-refractivity contribution in [2.45, 2.75) is 32.1 Å². The van der Waals surface area contributed by atoms with Gasteiger partial charge >= 0.3 is 0 Å². The molecule has 1 rings (SSSR count). The van der Waals surface area contributed by atoms with Crippen LogP contribution in [0.25, 0.3) is 0 Å². The molecular weight excluding hydrogens is 262 g/mol. The zero-order valence-corrected chi connectivity index (χ0v) is 13.3. The van der Waals surface area contributed by atoms with E-state index in [1.54, 1.807) is 21.1 Å². The Morgan fingerprint density at radius 2 is 1.68 bits per heavy atom. The van der Waals surface area contributed by atoms with Crippen molar-refractivity contribution in [1.82, 2.24) is 5.32 Å². The van der Waals surface area contributed by atoms with Gasteiger partial charge in [-0.3, -0.25) is 0 Å². The lowest BCUT2D eigenvalue weighted by Gasteiger charge is -2.24. The van der Waals surface area contributed by atoms with E-state index in [1.807, 2.05) is 26.0 Å². The number of aryl methyl sites for hydroxylation is 2. The van der Waals surface area contributed by atoms with E-state index in [-0.39, 0.29) is 6.04 Å². The lowest BCUT2D eigenvalue weighted by molar-refractivity contribution is 0.408. The molecule has 0 saturated carbocycles. The van der Waals surface area contributed by atoms with E-state index < -0.39 is 15.1 Å². The van der Waals surface area contributed by atoms with Crippen LogP contribution in [0.15, 0.2) is 12.1 Å². The molecule has 0 aliphatic carbocycles. The predicted molar refractivity (Wildman–Crippen MR) is 78.6 cm³/mol. The van der Waals surface area contributed by atoms with E-state index in [1.165, 1.54) is 6.26 Å². The van der Waals surface area contributed by atoms with Gasteiger partial charge in [0.1, 0.15) is 5.75 Å². The molecule has 0 saturated heterocycles. The first-order valence-corrected chi connectivity index (χ1v) is 8.19. The molecule has 2 unspecified atom stereocenters. The summed E-state index contributed by atoms with van der Waals surface area (Å²) in [5.41, 5.74) is 2.99. The standard InChI is InChI=1S/C14H23NO3S/c1-9-7-12(8-10(2)14(9)18-5)13(15-4)11(3)19(6,16)17/h7-8,11,13,15H,1-6H3. The number of hydrogen-bond donors (Lipinski definition) is 1. The van der Waals surface area contributed by atoms with Crippen molar-refractivity contribution < 1.29 is 13.2 Å². The van der Waals surface area contributed by atoms with E-state index in [0.29, 0.717) is 0 Å². The second-order valence-corrected chi connectivity index (χ2v) is 7.39. The van der Waals surface area contributed by atoms with Crippen molar-refractivity contribution >= 4 is 9.84 Å². The van der Waals surface area contributed by atoms with Gasteiger partial charge < -0.3 is 10.1 Å². The summed E-state index contributed by atoms with van der Waals surface area (Å²) in [5.74, 6) is 0.852. The quantitative estimate of drug-likeness (QED) is 0.899. The molecule has 0 radical (unpaired) electrons. The average molecular weight is 285 g/mol. The van der Waals surface area contributed by atoms with Crippen LogP contribution < -0.4 is 10.1 Å². The van der Waals surface area contributed by atoms with Crippen LogP contribution in [0.3, 0.4) is 0 Å². The molecule has 0 heterocycles. The van der Waals surface area contributed by atoms with Crippen molar-refractivity contribution in [2.24, 2.45) is 0 Å². The van der Waals surface area contributed by atoms with Gasteiger partial charge in [-0.2, -0.15) is 0 Å². The number of ether oxygens (including phenoxy) is 1. The van der Waals surface area contributed by atoms with Gasteiger partial charge in [0.25, 0.3) is 0 Å². The SMILES string of the molecule is CNC(c1cc(C)c(OC)c(C)c1)C(C)S(C)(=O)=O. The second kappa shape index (κ2) is 5.92. The monoisotopic (exact) mass is 285 g/mol. The number of hydrogen-bond acceptors (Lipinski definition) is 4. The first-order chi connectivity index (χ1) is 8.72. The van der Waals surface area contributed by atoms with Crippen LogP contribution in [0.4, 0.5) is 0 Å². The van der Waals surface area contributed by atoms with Crippen LogP contribution in [0, 0.1) is 13.8 Å². The Balaban J connectivity index is 3.28. The van der Waals surface area contributed by atoms with Gasteiger partial charge in [-0.25, -0.2) is 8.42 Å². The maximum Gasteiger partial charge on any atom is 0.151 e.